The quantitative estimate of drug-likeness (QED) is 0.175. The molecule has 0 N–H and O–H groups in total. The molecule has 3 nitrogen and oxygen atoms in total. The first-order valence-electron chi connectivity index (χ1n) is 16.5. The van der Waals surface area contributed by atoms with E-state index in [2.05, 4.69) is 163 Å². The first-order chi connectivity index (χ1) is 24.3. The first kappa shape index (κ1) is 27.8. The van der Waals surface area contributed by atoms with Crippen molar-refractivity contribution in [3.05, 3.63) is 170 Å². The number of hydrogen-bond donors (Lipinski definition) is 0. The largest absolute Gasteiger partial charge is 0.456 e. The van der Waals surface area contributed by atoms with E-state index < -0.39 is 0 Å². The number of hydrogen-bond acceptors (Lipinski definition) is 4. The van der Waals surface area contributed by atoms with Gasteiger partial charge in [0.2, 0.25) is 0 Å². The molecule has 0 saturated carbocycles. The zero-order valence-corrected chi connectivity index (χ0v) is 27.2. The Bertz CT molecular complexity index is 2760. The molecule has 0 unspecified atom stereocenters. The number of furan rings is 1. The normalized spacial score (nSPS) is 11.7. The molecule has 0 atom stereocenters. The topological polar surface area (TPSA) is 29.3 Å². The Morgan fingerprint density at radius 1 is 0.449 bits per heavy atom. The molecule has 0 spiro atoms. The lowest BCUT2D eigenvalue weighted by atomic mass is 10.0. The fraction of sp³-hybridized carbons (Fsp3) is 0. The van der Waals surface area contributed by atoms with Gasteiger partial charge in [-0.1, -0.05) is 115 Å². The zero-order valence-electron chi connectivity index (χ0n) is 26.4. The lowest BCUT2D eigenvalue weighted by molar-refractivity contribution is 0.669. The highest BCUT2D eigenvalue weighted by Crippen LogP contribution is 2.44. The smallest absolute Gasteiger partial charge is 0.135 e. The van der Waals surface area contributed by atoms with Crippen LogP contribution in [0.3, 0.4) is 0 Å². The van der Waals surface area contributed by atoms with Crippen LogP contribution in [0.1, 0.15) is 0 Å². The second-order valence-electron chi connectivity index (χ2n) is 12.3. The molecular formula is C45H28N2OS. The van der Waals surface area contributed by atoms with E-state index in [1.165, 1.54) is 31.8 Å². The molecule has 0 amide bonds. The molecule has 2 aromatic heterocycles. The molecule has 0 aliphatic rings. The predicted octanol–water partition coefficient (Wildman–Crippen LogP) is 13.3. The number of rotatable bonds is 5. The Labute approximate surface area is 286 Å². The number of aromatic nitrogens is 1. The van der Waals surface area contributed by atoms with Crippen molar-refractivity contribution >= 4 is 82.1 Å². The monoisotopic (exact) mass is 644 g/mol. The van der Waals surface area contributed by atoms with Crippen LogP contribution in [0, 0.1) is 0 Å². The number of benzene rings is 8. The zero-order chi connectivity index (χ0) is 32.3. The molecule has 0 radical (unpaired) electrons. The summed E-state index contributed by atoms with van der Waals surface area (Å²) in [5.41, 5.74) is 9.51. The van der Waals surface area contributed by atoms with E-state index in [4.69, 9.17) is 9.40 Å². The molecule has 0 aliphatic carbocycles. The van der Waals surface area contributed by atoms with Gasteiger partial charge < -0.3 is 9.32 Å². The Kier molecular flexibility index (Phi) is 6.36. The van der Waals surface area contributed by atoms with Crippen LogP contribution in [-0.4, -0.2) is 4.98 Å². The van der Waals surface area contributed by atoms with Crippen molar-refractivity contribution in [2.45, 2.75) is 0 Å². The summed E-state index contributed by atoms with van der Waals surface area (Å²) in [6.45, 7) is 0. The number of thiazole rings is 1. The lowest BCUT2D eigenvalue weighted by Gasteiger charge is -2.28. The standard InChI is InChI=1S/C45H28N2OS/c1-2-12-29(13-3-1)33-14-8-10-20-40(33)47(32-26-27-42-39(28-32)36-17-9-11-21-41(36)48-42)31-24-22-30(23-25-31)45-46-43-37-18-6-4-15-34(37)35-16-5-7-19-38(35)44(43)49-45/h1-28H. The molecule has 230 valence electrons. The minimum atomic E-state index is 0.882. The van der Waals surface area contributed by atoms with Gasteiger partial charge in [0.25, 0.3) is 0 Å². The Morgan fingerprint density at radius 3 is 1.88 bits per heavy atom. The predicted molar refractivity (Wildman–Crippen MR) is 207 cm³/mol. The van der Waals surface area contributed by atoms with Gasteiger partial charge in [-0.05, 0) is 70.9 Å². The van der Waals surface area contributed by atoms with E-state index in [0.717, 1.165) is 60.7 Å². The van der Waals surface area contributed by atoms with Crippen molar-refractivity contribution in [1.82, 2.24) is 4.98 Å². The van der Waals surface area contributed by atoms with Crippen LogP contribution in [0.15, 0.2) is 174 Å². The van der Waals surface area contributed by atoms with Crippen molar-refractivity contribution in [1.29, 1.82) is 0 Å². The SMILES string of the molecule is c1ccc(-c2ccccc2N(c2ccc(-c3nc4c5ccccc5c5ccccc5c4s3)cc2)c2ccc3oc4ccccc4c3c2)cc1. The van der Waals surface area contributed by atoms with Gasteiger partial charge >= 0.3 is 0 Å². The van der Waals surface area contributed by atoms with Crippen molar-refractivity contribution in [2.24, 2.45) is 0 Å². The summed E-state index contributed by atoms with van der Waals surface area (Å²) in [6, 6.07) is 60.1. The van der Waals surface area contributed by atoms with E-state index in [-0.39, 0.29) is 0 Å². The molecule has 8 aromatic carbocycles. The Hall–Kier alpha value is -6.23. The third-order valence-electron chi connectivity index (χ3n) is 9.49. The minimum absolute atomic E-state index is 0.882. The number of para-hydroxylation sites is 2. The fourth-order valence-electron chi connectivity index (χ4n) is 7.21. The summed E-state index contributed by atoms with van der Waals surface area (Å²) in [6.07, 6.45) is 0. The summed E-state index contributed by atoms with van der Waals surface area (Å²) >= 11 is 1.77. The third kappa shape index (κ3) is 4.53. The number of fused-ring (bicyclic) bond motifs is 9. The van der Waals surface area contributed by atoms with E-state index in [9.17, 15) is 0 Å². The van der Waals surface area contributed by atoms with Crippen LogP contribution < -0.4 is 4.90 Å². The third-order valence-corrected chi connectivity index (χ3v) is 10.6. The molecule has 49 heavy (non-hydrogen) atoms. The van der Waals surface area contributed by atoms with Crippen molar-refractivity contribution in [3.63, 3.8) is 0 Å². The number of anilines is 3. The van der Waals surface area contributed by atoms with Crippen LogP contribution in [-0.2, 0) is 0 Å². The van der Waals surface area contributed by atoms with Crippen LogP contribution in [0.4, 0.5) is 17.1 Å². The van der Waals surface area contributed by atoms with Gasteiger partial charge in [-0.25, -0.2) is 4.98 Å². The summed E-state index contributed by atoms with van der Waals surface area (Å²) in [5, 5.41) is 8.19. The molecule has 10 rings (SSSR count). The second-order valence-corrected chi connectivity index (χ2v) is 13.3. The summed E-state index contributed by atoms with van der Waals surface area (Å²) in [4.78, 5) is 7.61. The summed E-state index contributed by atoms with van der Waals surface area (Å²) in [5.74, 6) is 0. The van der Waals surface area contributed by atoms with Gasteiger partial charge in [0.05, 0.1) is 15.9 Å². The maximum absolute atomic E-state index is 6.21. The van der Waals surface area contributed by atoms with Gasteiger partial charge in [0.1, 0.15) is 16.2 Å². The lowest BCUT2D eigenvalue weighted by Crippen LogP contribution is -2.11. The fourth-order valence-corrected chi connectivity index (χ4v) is 8.34. The summed E-state index contributed by atoms with van der Waals surface area (Å²) < 4.78 is 7.44. The summed E-state index contributed by atoms with van der Waals surface area (Å²) in [7, 11) is 0. The van der Waals surface area contributed by atoms with Crippen LogP contribution in [0.2, 0.25) is 0 Å². The molecule has 4 heteroatoms. The van der Waals surface area contributed by atoms with Gasteiger partial charge in [-0.2, -0.15) is 0 Å². The molecule has 2 heterocycles. The van der Waals surface area contributed by atoms with E-state index in [0.29, 0.717) is 0 Å². The van der Waals surface area contributed by atoms with Crippen molar-refractivity contribution in [2.75, 3.05) is 4.90 Å². The van der Waals surface area contributed by atoms with Crippen molar-refractivity contribution < 1.29 is 4.42 Å². The maximum Gasteiger partial charge on any atom is 0.135 e. The number of nitrogens with zero attached hydrogens (tertiary/aromatic N) is 2. The molecule has 0 saturated heterocycles. The van der Waals surface area contributed by atoms with E-state index in [1.807, 2.05) is 12.1 Å². The second kappa shape index (κ2) is 11.2. The van der Waals surface area contributed by atoms with Gasteiger partial charge in [-0.3, -0.25) is 0 Å². The highest BCUT2D eigenvalue weighted by Gasteiger charge is 2.20. The molecule has 0 fully saturated rings. The Morgan fingerprint density at radius 2 is 1.06 bits per heavy atom. The van der Waals surface area contributed by atoms with Crippen molar-refractivity contribution in [3.8, 4) is 21.7 Å². The van der Waals surface area contributed by atoms with Crippen LogP contribution in [0.25, 0.3) is 75.4 Å². The van der Waals surface area contributed by atoms with Crippen LogP contribution in [0.5, 0.6) is 0 Å². The average Bonchev–Trinajstić information content (AvgIpc) is 3.79. The van der Waals surface area contributed by atoms with Gasteiger partial charge in [-0.15, -0.1) is 11.3 Å². The van der Waals surface area contributed by atoms with Gasteiger partial charge in [0.15, 0.2) is 0 Å². The van der Waals surface area contributed by atoms with Crippen LogP contribution >= 0.6 is 11.3 Å². The molecule has 0 aliphatic heterocycles. The first-order valence-corrected chi connectivity index (χ1v) is 17.3. The Balaban J connectivity index is 1.14. The molecular weight excluding hydrogens is 617 g/mol. The van der Waals surface area contributed by atoms with E-state index in [1.54, 1.807) is 11.3 Å². The minimum Gasteiger partial charge on any atom is -0.456 e. The maximum atomic E-state index is 6.21. The highest BCUT2D eigenvalue weighted by molar-refractivity contribution is 7.22. The average molecular weight is 645 g/mol. The highest BCUT2D eigenvalue weighted by atomic mass is 32.1. The molecule has 0 bridgehead atoms. The molecule has 10 aromatic rings. The van der Waals surface area contributed by atoms with Gasteiger partial charge in [0, 0.05) is 44.0 Å². The van der Waals surface area contributed by atoms with E-state index >= 15 is 0 Å².